The quantitative estimate of drug-likeness (QED) is 0.749. The van der Waals surface area contributed by atoms with Gasteiger partial charge in [-0.15, -0.1) is 11.8 Å². The summed E-state index contributed by atoms with van der Waals surface area (Å²) in [5, 5.41) is 4.12. The molecule has 110 valence electrons. The van der Waals surface area contributed by atoms with Gasteiger partial charge in [-0.2, -0.15) is 0 Å². The molecule has 2 aromatic rings. The van der Waals surface area contributed by atoms with Crippen LogP contribution in [0.25, 0.3) is 0 Å². The third-order valence-corrected chi connectivity index (χ3v) is 4.85. The van der Waals surface area contributed by atoms with Crippen LogP contribution in [0.5, 0.6) is 0 Å². The third kappa shape index (κ3) is 4.47. The predicted molar refractivity (Wildman–Crippen MR) is 87.3 cm³/mol. The van der Waals surface area contributed by atoms with Gasteiger partial charge in [0.1, 0.15) is 5.82 Å². The first-order valence-corrected chi connectivity index (χ1v) is 8.46. The number of nitrogens with one attached hydrogen (secondary N) is 1. The number of benzene rings is 2. The lowest BCUT2D eigenvalue weighted by Crippen LogP contribution is -2.15. The first-order valence-electron chi connectivity index (χ1n) is 7.10. The summed E-state index contributed by atoms with van der Waals surface area (Å²) in [6, 6.07) is 13.8. The SMILES string of the molecule is Fc1cc(CNC2CC2)ccc1SCc1ccc(Cl)cc1. The lowest BCUT2D eigenvalue weighted by atomic mass is 10.2. The van der Waals surface area contributed by atoms with E-state index in [-0.39, 0.29) is 5.82 Å². The minimum absolute atomic E-state index is 0.135. The lowest BCUT2D eigenvalue weighted by Gasteiger charge is -2.07. The number of thioether (sulfide) groups is 1. The molecular weight excluding hydrogens is 305 g/mol. The molecule has 1 aliphatic rings. The molecule has 1 nitrogen and oxygen atoms in total. The highest BCUT2D eigenvalue weighted by molar-refractivity contribution is 7.98. The second-order valence-electron chi connectivity index (χ2n) is 5.34. The second-order valence-corrected chi connectivity index (χ2v) is 6.79. The average Bonchev–Trinajstić information content (AvgIpc) is 3.30. The first-order chi connectivity index (χ1) is 10.2. The molecule has 0 heterocycles. The molecule has 1 N–H and O–H groups in total. The fraction of sp³-hybridized carbons (Fsp3) is 0.294. The largest absolute Gasteiger partial charge is 0.310 e. The van der Waals surface area contributed by atoms with E-state index in [0.717, 1.165) is 28.4 Å². The van der Waals surface area contributed by atoms with E-state index < -0.39 is 0 Å². The van der Waals surface area contributed by atoms with E-state index in [4.69, 9.17) is 11.6 Å². The molecule has 0 radical (unpaired) electrons. The minimum Gasteiger partial charge on any atom is -0.310 e. The summed E-state index contributed by atoms with van der Waals surface area (Å²) in [5.74, 6) is 0.609. The predicted octanol–water partition coefficient (Wildman–Crippen LogP) is 5.02. The average molecular weight is 322 g/mol. The molecule has 2 aromatic carbocycles. The van der Waals surface area contributed by atoms with Crippen LogP contribution in [0.4, 0.5) is 4.39 Å². The van der Waals surface area contributed by atoms with Gasteiger partial charge in [-0.1, -0.05) is 29.8 Å². The standard InChI is InChI=1S/C17H17ClFNS/c18-14-4-1-12(2-5-14)11-21-17-8-3-13(9-16(17)19)10-20-15-6-7-15/h1-5,8-9,15,20H,6-7,10-11H2. The third-order valence-electron chi connectivity index (χ3n) is 3.48. The van der Waals surface area contributed by atoms with Crippen LogP contribution >= 0.6 is 23.4 Å². The molecule has 0 unspecified atom stereocenters. The molecule has 0 aromatic heterocycles. The maximum atomic E-state index is 14.1. The molecule has 1 saturated carbocycles. The maximum absolute atomic E-state index is 14.1. The highest BCUT2D eigenvalue weighted by Crippen LogP contribution is 2.27. The zero-order chi connectivity index (χ0) is 14.7. The van der Waals surface area contributed by atoms with Crippen molar-refractivity contribution >= 4 is 23.4 Å². The highest BCUT2D eigenvalue weighted by atomic mass is 35.5. The maximum Gasteiger partial charge on any atom is 0.137 e. The van der Waals surface area contributed by atoms with E-state index in [1.165, 1.54) is 24.6 Å². The van der Waals surface area contributed by atoms with Gasteiger partial charge < -0.3 is 5.32 Å². The Bertz CT molecular complexity index is 611. The monoisotopic (exact) mass is 321 g/mol. The van der Waals surface area contributed by atoms with Crippen molar-refractivity contribution in [1.29, 1.82) is 0 Å². The van der Waals surface area contributed by atoms with Crippen molar-refractivity contribution in [3.05, 3.63) is 64.4 Å². The van der Waals surface area contributed by atoms with Crippen molar-refractivity contribution in [2.45, 2.75) is 36.1 Å². The van der Waals surface area contributed by atoms with Gasteiger partial charge in [0.2, 0.25) is 0 Å². The molecule has 0 atom stereocenters. The smallest absolute Gasteiger partial charge is 0.137 e. The van der Waals surface area contributed by atoms with E-state index in [0.29, 0.717) is 10.9 Å². The van der Waals surface area contributed by atoms with Crippen LogP contribution < -0.4 is 5.32 Å². The Morgan fingerprint density at radius 3 is 2.48 bits per heavy atom. The zero-order valence-corrected chi connectivity index (χ0v) is 13.2. The van der Waals surface area contributed by atoms with Crippen molar-refractivity contribution in [2.24, 2.45) is 0 Å². The summed E-state index contributed by atoms with van der Waals surface area (Å²) in [6.07, 6.45) is 2.50. The van der Waals surface area contributed by atoms with E-state index in [2.05, 4.69) is 5.32 Å². The van der Waals surface area contributed by atoms with Gasteiger partial charge in [-0.3, -0.25) is 0 Å². The Morgan fingerprint density at radius 2 is 1.81 bits per heavy atom. The van der Waals surface area contributed by atoms with Crippen LogP contribution in [0.15, 0.2) is 47.4 Å². The van der Waals surface area contributed by atoms with E-state index in [1.807, 2.05) is 36.4 Å². The molecule has 0 bridgehead atoms. The lowest BCUT2D eigenvalue weighted by molar-refractivity contribution is 0.595. The molecule has 1 aliphatic carbocycles. The summed E-state index contributed by atoms with van der Waals surface area (Å²) in [7, 11) is 0. The normalized spacial score (nSPS) is 14.4. The Labute approximate surface area is 133 Å². The Balaban J connectivity index is 1.58. The van der Waals surface area contributed by atoms with E-state index in [9.17, 15) is 4.39 Å². The fourth-order valence-electron chi connectivity index (χ4n) is 2.06. The molecule has 0 amide bonds. The van der Waals surface area contributed by atoms with Crippen LogP contribution in [-0.4, -0.2) is 6.04 Å². The summed E-state index contributed by atoms with van der Waals surface area (Å²) >= 11 is 7.37. The van der Waals surface area contributed by atoms with Crippen LogP contribution in [0, 0.1) is 5.82 Å². The van der Waals surface area contributed by atoms with Gasteiger partial charge in [0, 0.05) is 28.3 Å². The molecular formula is C17H17ClFNS. The Hall–Kier alpha value is -1.03. The number of hydrogen-bond donors (Lipinski definition) is 1. The van der Waals surface area contributed by atoms with Gasteiger partial charge in [-0.05, 0) is 48.2 Å². The Kier molecular flexibility index (Phi) is 4.84. The van der Waals surface area contributed by atoms with Crippen molar-refractivity contribution in [3.63, 3.8) is 0 Å². The fourth-order valence-corrected chi connectivity index (χ4v) is 3.06. The minimum atomic E-state index is -0.135. The van der Waals surface area contributed by atoms with Crippen LogP contribution in [-0.2, 0) is 12.3 Å². The molecule has 0 spiro atoms. The van der Waals surface area contributed by atoms with Crippen molar-refractivity contribution in [1.82, 2.24) is 5.32 Å². The summed E-state index contributed by atoms with van der Waals surface area (Å²) < 4.78 is 14.1. The molecule has 21 heavy (non-hydrogen) atoms. The summed E-state index contributed by atoms with van der Waals surface area (Å²) in [5.41, 5.74) is 2.15. The van der Waals surface area contributed by atoms with Crippen LogP contribution in [0.3, 0.4) is 0 Å². The second kappa shape index (κ2) is 6.82. The topological polar surface area (TPSA) is 12.0 Å². The highest BCUT2D eigenvalue weighted by Gasteiger charge is 2.20. The molecule has 4 heteroatoms. The van der Waals surface area contributed by atoms with Crippen molar-refractivity contribution in [2.75, 3.05) is 0 Å². The molecule has 0 saturated heterocycles. The van der Waals surface area contributed by atoms with Crippen LogP contribution in [0.1, 0.15) is 24.0 Å². The van der Waals surface area contributed by atoms with Crippen molar-refractivity contribution < 1.29 is 4.39 Å². The van der Waals surface area contributed by atoms with Crippen LogP contribution in [0.2, 0.25) is 5.02 Å². The van der Waals surface area contributed by atoms with Gasteiger partial charge in [0.25, 0.3) is 0 Å². The number of rotatable bonds is 6. The molecule has 0 aliphatic heterocycles. The van der Waals surface area contributed by atoms with E-state index >= 15 is 0 Å². The number of hydrogen-bond acceptors (Lipinski definition) is 2. The molecule has 3 rings (SSSR count). The zero-order valence-electron chi connectivity index (χ0n) is 11.6. The van der Waals surface area contributed by atoms with Gasteiger partial charge >= 0.3 is 0 Å². The number of halogens is 2. The Morgan fingerprint density at radius 1 is 1.10 bits per heavy atom. The first kappa shape index (κ1) is 14.9. The van der Waals surface area contributed by atoms with Crippen molar-refractivity contribution in [3.8, 4) is 0 Å². The van der Waals surface area contributed by atoms with E-state index in [1.54, 1.807) is 6.07 Å². The van der Waals surface area contributed by atoms with Gasteiger partial charge in [-0.25, -0.2) is 4.39 Å². The summed E-state index contributed by atoms with van der Waals surface area (Å²) in [6.45, 7) is 0.754. The molecule has 1 fully saturated rings. The van der Waals surface area contributed by atoms with Gasteiger partial charge in [0.05, 0.1) is 0 Å². The van der Waals surface area contributed by atoms with Gasteiger partial charge in [0.15, 0.2) is 0 Å². The summed E-state index contributed by atoms with van der Waals surface area (Å²) in [4.78, 5) is 0.695.